The Morgan fingerprint density at radius 2 is 2.05 bits per heavy atom. The van der Waals surface area contributed by atoms with Crippen molar-refractivity contribution in [3.63, 3.8) is 0 Å². The standard InChI is InChI=1S/C14H20F2N2O/c1-4-18(14(19)10(2)8-17-3)9-11-5-6-12(15)13(16)7-11/h5-7,10,17H,4,8-9H2,1-3H3. The Morgan fingerprint density at radius 3 is 2.58 bits per heavy atom. The fourth-order valence-corrected chi connectivity index (χ4v) is 1.91. The van der Waals surface area contributed by atoms with Gasteiger partial charge in [0.25, 0.3) is 0 Å². The minimum absolute atomic E-state index is 0.00147. The molecule has 0 heterocycles. The zero-order chi connectivity index (χ0) is 14.4. The average Bonchev–Trinajstić information content (AvgIpc) is 2.39. The maximum atomic E-state index is 13.1. The molecule has 0 fully saturated rings. The minimum atomic E-state index is -0.885. The van der Waals surface area contributed by atoms with Crippen LogP contribution in [0, 0.1) is 17.6 Å². The Balaban J connectivity index is 2.75. The highest BCUT2D eigenvalue weighted by atomic mass is 19.2. The molecule has 1 rings (SSSR count). The number of nitrogens with one attached hydrogen (secondary N) is 1. The van der Waals surface area contributed by atoms with Gasteiger partial charge in [-0.15, -0.1) is 0 Å². The largest absolute Gasteiger partial charge is 0.338 e. The molecule has 19 heavy (non-hydrogen) atoms. The molecule has 0 saturated heterocycles. The summed E-state index contributed by atoms with van der Waals surface area (Å²) in [6.07, 6.45) is 0. The molecule has 0 aliphatic rings. The normalized spacial score (nSPS) is 12.3. The minimum Gasteiger partial charge on any atom is -0.338 e. The molecule has 5 heteroatoms. The summed E-state index contributed by atoms with van der Waals surface area (Å²) in [5, 5.41) is 2.95. The van der Waals surface area contributed by atoms with Gasteiger partial charge in [-0.3, -0.25) is 4.79 Å². The van der Waals surface area contributed by atoms with Crippen molar-refractivity contribution in [1.82, 2.24) is 10.2 Å². The number of carbonyl (C=O) groups excluding carboxylic acids is 1. The van der Waals surface area contributed by atoms with Gasteiger partial charge in [-0.1, -0.05) is 13.0 Å². The van der Waals surface area contributed by atoms with E-state index in [1.807, 2.05) is 13.8 Å². The van der Waals surface area contributed by atoms with Gasteiger partial charge in [0.2, 0.25) is 5.91 Å². The molecule has 1 aromatic rings. The summed E-state index contributed by atoms with van der Waals surface area (Å²) >= 11 is 0. The lowest BCUT2D eigenvalue weighted by molar-refractivity contribution is -0.135. The molecule has 1 unspecified atom stereocenters. The van der Waals surface area contributed by atoms with Crippen molar-refractivity contribution in [2.24, 2.45) is 5.92 Å². The highest BCUT2D eigenvalue weighted by molar-refractivity contribution is 5.78. The lowest BCUT2D eigenvalue weighted by atomic mass is 10.1. The van der Waals surface area contributed by atoms with E-state index in [0.717, 1.165) is 12.1 Å². The summed E-state index contributed by atoms with van der Waals surface area (Å²) in [7, 11) is 1.79. The fourth-order valence-electron chi connectivity index (χ4n) is 1.91. The molecule has 1 atom stereocenters. The van der Waals surface area contributed by atoms with Crippen LogP contribution in [0.5, 0.6) is 0 Å². The van der Waals surface area contributed by atoms with Crippen molar-refractivity contribution < 1.29 is 13.6 Å². The second kappa shape index (κ2) is 7.19. The van der Waals surface area contributed by atoms with Gasteiger partial charge in [0.05, 0.1) is 0 Å². The van der Waals surface area contributed by atoms with E-state index in [4.69, 9.17) is 0 Å². The summed E-state index contributed by atoms with van der Waals surface area (Å²) in [6, 6.07) is 3.71. The lowest BCUT2D eigenvalue weighted by Gasteiger charge is -2.24. The van der Waals surface area contributed by atoms with Gasteiger partial charge in [-0.25, -0.2) is 8.78 Å². The molecule has 0 aromatic heterocycles. The first-order valence-corrected chi connectivity index (χ1v) is 6.36. The van der Waals surface area contributed by atoms with Gasteiger partial charge in [0.1, 0.15) is 0 Å². The van der Waals surface area contributed by atoms with Gasteiger partial charge in [-0.2, -0.15) is 0 Å². The van der Waals surface area contributed by atoms with Crippen LogP contribution in [0.15, 0.2) is 18.2 Å². The van der Waals surface area contributed by atoms with Crippen LogP contribution in [0.4, 0.5) is 8.78 Å². The first-order valence-electron chi connectivity index (χ1n) is 6.36. The van der Waals surface area contributed by atoms with Crippen molar-refractivity contribution in [2.45, 2.75) is 20.4 Å². The number of hydrogen-bond acceptors (Lipinski definition) is 2. The van der Waals surface area contributed by atoms with Crippen molar-refractivity contribution in [3.8, 4) is 0 Å². The molecule has 0 radical (unpaired) electrons. The molecule has 0 aliphatic heterocycles. The topological polar surface area (TPSA) is 32.3 Å². The van der Waals surface area contributed by atoms with Crippen LogP contribution in [0.2, 0.25) is 0 Å². The van der Waals surface area contributed by atoms with Crippen LogP contribution in [-0.2, 0) is 11.3 Å². The van der Waals surface area contributed by atoms with Crippen molar-refractivity contribution in [1.29, 1.82) is 0 Å². The summed E-state index contributed by atoms with van der Waals surface area (Å²) in [5.74, 6) is -1.90. The van der Waals surface area contributed by atoms with Gasteiger partial charge in [0, 0.05) is 25.6 Å². The first kappa shape index (κ1) is 15.6. The van der Waals surface area contributed by atoms with E-state index < -0.39 is 11.6 Å². The molecular formula is C14H20F2N2O. The zero-order valence-corrected chi connectivity index (χ0v) is 11.5. The third-order valence-electron chi connectivity index (χ3n) is 2.98. The van der Waals surface area contributed by atoms with Crippen LogP contribution in [-0.4, -0.2) is 30.9 Å². The third kappa shape index (κ3) is 4.28. The van der Waals surface area contributed by atoms with E-state index in [0.29, 0.717) is 25.2 Å². The van der Waals surface area contributed by atoms with Crippen LogP contribution in [0.1, 0.15) is 19.4 Å². The summed E-state index contributed by atoms with van der Waals surface area (Å²) in [5.41, 5.74) is 0.589. The fraction of sp³-hybridized carbons (Fsp3) is 0.500. The first-order chi connectivity index (χ1) is 8.99. The molecular weight excluding hydrogens is 250 g/mol. The number of hydrogen-bond donors (Lipinski definition) is 1. The lowest BCUT2D eigenvalue weighted by Crippen LogP contribution is -2.38. The predicted molar refractivity (Wildman–Crippen MR) is 70.5 cm³/mol. The maximum Gasteiger partial charge on any atom is 0.226 e. The van der Waals surface area contributed by atoms with E-state index >= 15 is 0 Å². The number of carbonyl (C=O) groups is 1. The molecule has 1 amide bonds. The van der Waals surface area contributed by atoms with E-state index in [2.05, 4.69) is 5.32 Å². The second-order valence-corrected chi connectivity index (χ2v) is 4.56. The monoisotopic (exact) mass is 270 g/mol. The van der Waals surface area contributed by atoms with Crippen LogP contribution in [0.25, 0.3) is 0 Å². The average molecular weight is 270 g/mol. The second-order valence-electron chi connectivity index (χ2n) is 4.56. The Morgan fingerprint density at radius 1 is 1.37 bits per heavy atom. The number of nitrogens with zero attached hydrogens (tertiary/aromatic N) is 1. The number of benzene rings is 1. The van der Waals surface area contributed by atoms with E-state index in [1.54, 1.807) is 11.9 Å². The summed E-state index contributed by atoms with van der Waals surface area (Å²) < 4.78 is 26.0. The molecule has 106 valence electrons. The summed E-state index contributed by atoms with van der Waals surface area (Å²) in [4.78, 5) is 13.8. The van der Waals surface area contributed by atoms with Gasteiger partial charge in [0.15, 0.2) is 11.6 Å². The SMILES string of the molecule is CCN(Cc1ccc(F)c(F)c1)C(=O)C(C)CNC. The van der Waals surface area contributed by atoms with Gasteiger partial charge in [-0.05, 0) is 31.7 Å². The zero-order valence-electron chi connectivity index (χ0n) is 11.5. The molecule has 1 aromatic carbocycles. The molecule has 3 nitrogen and oxygen atoms in total. The Kier molecular flexibility index (Phi) is 5.89. The van der Waals surface area contributed by atoms with Crippen LogP contribution >= 0.6 is 0 Å². The number of rotatable bonds is 6. The highest BCUT2D eigenvalue weighted by Crippen LogP contribution is 2.12. The Bertz CT molecular complexity index is 437. The number of halogens is 2. The molecule has 1 N–H and O–H groups in total. The highest BCUT2D eigenvalue weighted by Gasteiger charge is 2.19. The van der Waals surface area contributed by atoms with E-state index in [1.165, 1.54) is 6.07 Å². The Hall–Kier alpha value is -1.49. The van der Waals surface area contributed by atoms with Crippen LogP contribution in [0.3, 0.4) is 0 Å². The van der Waals surface area contributed by atoms with Crippen molar-refractivity contribution in [3.05, 3.63) is 35.4 Å². The van der Waals surface area contributed by atoms with Gasteiger partial charge < -0.3 is 10.2 Å². The van der Waals surface area contributed by atoms with Crippen LogP contribution < -0.4 is 5.32 Å². The van der Waals surface area contributed by atoms with E-state index in [-0.39, 0.29) is 11.8 Å². The number of amides is 1. The Labute approximate surface area is 112 Å². The van der Waals surface area contributed by atoms with E-state index in [9.17, 15) is 13.6 Å². The molecule has 0 saturated carbocycles. The smallest absolute Gasteiger partial charge is 0.226 e. The van der Waals surface area contributed by atoms with Crippen molar-refractivity contribution >= 4 is 5.91 Å². The van der Waals surface area contributed by atoms with Gasteiger partial charge >= 0.3 is 0 Å². The third-order valence-corrected chi connectivity index (χ3v) is 2.98. The quantitative estimate of drug-likeness (QED) is 0.859. The maximum absolute atomic E-state index is 13.1. The molecule has 0 bridgehead atoms. The molecule has 0 spiro atoms. The van der Waals surface area contributed by atoms with Crippen molar-refractivity contribution in [2.75, 3.05) is 20.1 Å². The predicted octanol–water partition coefficient (Wildman–Crippen LogP) is 2.17. The summed E-state index contributed by atoms with van der Waals surface area (Å²) in [6.45, 7) is 5.12. The molecule has 0 aliphatic carbocycles.